The fourth-order valence-corrected chi connectivity index (χ4v) is 9.23. The summed E-state index contributed by atoms with van der Waals surface area (Å²) in [6.45, 7) is 0.138. The summed E-state index contributed by atoms with van der Waals surface area (Å²) in [5.74, 6) is 1.76. The van der Waals surface area contributed by atoms with E-state index in [4.69, 9.17) is 9.47 Å². The lowest BCUT2D eigenvalue weighted by molar-refractivity contribution is 0.280. The van der Waals surface area contributed by atoms with Gasteiger partial charge in [0.15, 0.2) is 0 Å². The fourth-order valence-electron chi connectivity index (χ4n) is 7.67. The van der Waals surface area contributed by atoms with Crippen LogP contribution in [0.1, 0.15) is 59.1 Å². The van der Waals surface area contributed by atoms with Gasteiger partial charge < -0.3 is 19.7 Å². The first-order valence-electron chi connectivity index (χ1n) is 16.8. The van der Waals surface area contributed by atoms with Crippen molar-refractivity contribution in [2.75, 3.05) is 14.2 Å². The molecule has 2 aliphatic rings. The lowest BCUT2D eigenvalue weighted by Crippen LogP contribution is -2.04. The molecule has 0 aromatic heterocycles. The third kappa shape index (κ3) is 5.81. The van der Waals surface area contributed by atoms with Crippen molar-refractivity contribution in [1.82, 2.24) is 0 Å². The molecule has 5 aromatic rings. The number of methoxy groups -OCH3 is 2. The SMILES string of the molecule is COc1c(Br)c(CCCCc2ccc3c(c2)=c2c(CO)cccc2=3)c(OC)c(Br)c1CCCCc1ccc2c(c1)=c1c(CO)cccc1=2. The molecule has 0 saturated heterocycles. The van der Waals surface area contributed by atoms with Gasteiger partial charge in [0.05, 0.1) is 36.4 Å². The van der Waals surface area contributed by atoms with Crippen LogP contribution in [-0.2, 0) is 38.9 Å². The minimum absolute atomic E-state index is 0.0692. The number of aryl methyl sites for hydroxylation is 2. The molecule has 6 heteroatoms. The van der Waals surface area contributed by atoms with Crippen LogP contribution in [0.15, 0.2) is 81.7 Å². The normalized spacial score (nSPS) is 12.0. The van der Waals surface area contributed by atoms with E-state index in [0.29, 0.717) is 0 Å². The second-order valence-corrected chi connectivity index (χ2v) is 14.4. The van der Waals surface area contributed by atoms with Crippen LogP contribution >= 0.6 is 31.9 Å². The second kappa shape index (κ2) is 14.2. The average Bonchev–Trinajstić information content (AvgIpc) is 3.10. The molecular weight excluding hydrogens is 728 g/mol. The molecule has 0 aliphatic heterocycles. The van der Waals surface area contributed by atoms with E-state index in [-0.39, 0.29) is 13.2 Å². The van der Waals surface area contributed by atoms with Gasteiger partial charge in [0, 0.05) is 11.1 Å². The Hall–Kier alpha value is -3.42. The predicted molar refractivity (Wildman–Crippen MR) is 197 cm³/mol. The Bertz CT molecular complexity index is 2270. The van der Waals surface area contributed by atoms with Crippen LogP contribution in [0.4, 0.5) is 0 Å². The van der Waals surface area contributed by atoms with E-state index in [1.54, 1.807) is 14.2 Å². The number of aliphatic hydroxyl groups excluding tert-OH is 2. The molecule has 2 aliphatic carbocycles. The number of rotatable bonds is 14. The van der Waals surface area contributed by atoms with Crippen LogP contribution < -0.4 is 9.47 Å². The Labute approximate surface area is 297 Å². The number of halogens is 2. The highest BCUT2D eigenvalue weighted by Crippen LogP contribution is 2.46. The van der Waals surface area contributed by atoms with Crippen molar-refractivity contribution in [2.45, 2.75) is 64.6 Å². The third-order valence-corrected chi connectivity index (χ3v) is 11.8. The van der Waals surface area contributed by atoms with E-state index in [1.807, 2.05) is 24.3 Å². The summed E-state index contributed by atoms with van der Waals surface area (Å²) >= 11 is 7.79. The van der Waals surface area contributed by atoms with E-state index in [2.05, 4.69) is 80.4 Å². The smallest absolute Gasteiger partial charge is 0.137 e. The summed E-state index contributed by atoms with van der Waals surface area (Å²) in [4.78, 5) is 0. The molecule has 246 valence electrons. The number of hydrogen-bond donors (Lipinski definition) is 2. The van der Waals surface area contributed by atoms with Crippen molar-refractivity contribution < 1.29 is 19.7 Å². The number of fused-ring (bicyclic) bond motifs is 4. The van der Waals surface area contributed by atoms with Crippen molar-refractivity contribution in [1.29, 1.82) is 0 Å². The Morgan fingerprint density at radius 3 is 1.31 bits per heavy atom. The van der Waals surface area contributed by atoms with E-state index in [0.717, 1.165) is 94.1 Å². The summed E-state index contributed by atoms with van der Waals surface area (Å²) in [7, 11) is 3.50. The van der Waals surface area contributed by atoms with Gasteiger partial charge in [0.1, 0.15) is 11.5 Å². The molecular formula is C42H40Br2O4. The minimum Gasteiger partial charge on any atom is -0.495 e. The van der Waals surface area contributed by atoms with Crippen LogP contribution in [0, 0.1) is 41.7 Å². The first kappa shape index (κ1) is 33.1. The topological polar surface area (TPSA) is 58.9 Å². The van der Waals surface area contributed by atoms with Crippen molar-refractivity contribution in [3.05, 3.63) is 157 Å². The van der Waals surface area contributed by atoms with Gasteiger partial charge in [0.25, 0.3) is 0 Å². The van der Waals surface area contributed by atoms with Crippen molar-refractivity contribution in [3.63, 3.8) is 0 Å². The molecule has 0 heterocycles. The number of unbranched alkanes of at least 4 members (excludes halogenated alkanes) is 2. The largest absolute Gasteiger partial charge is 0.495 e. The van der Waals surface area contributed by atoms with Gasteiger partial charge in [-0.1, -0.05) is 72.8 Å². The molecule has 2 N–H and O–H groups in total. The van der Waals surface area contributed by atoms with Crippen molar-refractivity contribution >= 4 is 31.9 Å². The molecule has 7 rings (SSSR count). The quantitative estimate of drug-likeness (QED) is 0.109. The highest BCUT2D eigenvalue weighted by molar-refractivity contribution is 9.11. The lowest BCUT2D eigenvalue weighted by Gasteiger charge is -2.20. The van der Waals surface area contributed by atoms with E-state index < -0.39 is 0 Å². The molecule has 0 amide bonds. The second-order valence-electron chi connectivity index (χ2n) is 12.8. The fraction of sp³-hybridized carbons (Fsp3) is 0.286. The molecule has 5 aromatic carbocycles. The van der Waals surface area contributed by atoms with Crippen molar-refractivity contribution in [3.8, 4) is 11.5 Å². The van der Waals surface area contributed by atoms with E-state index in [1.165, 1.54) is 52.9 Å². The molecule has 4 nitrogen and oxygen atoms in total. The molecule has 0 unspecified atom stereocenters. The zero-order chi connectivity index (χ0) is 33.4. The summed E-state index contributed by atoms with van der Waals surface area (Å²) in [5, 5.41) is 29.6. The monoisotopic (exact) mass is 766 g/mol. The highest BCUT2D eigenvalue weighted by atomic mass is 79.9. The van der Waals surface area contributed by atoms with Crippen LogP contribution in [0.5, 0.6) is 11.5 Å². The number of benzene rings is 5. The van der Waals surface area contributed by atoms with Crippen LogP contribution in [0.3, 0.4) is 0 Å². The van der Waals surface area contributed by atoms with Gasteiger partial charge in [-0.2, -0.15) is 0 Å². The summed E-state index contributed by atoms with van der Waals surface area (Å²) in [6.07, 6.45) is 7.90. The van der Waals surface area contributed by atoms with E-state index >= 15 is 0 Å². The zero-order valence-electron chi connectivity index (χ0n) is 27.5. The molecule has 0 fully saturated rings. The summed E-state index contributed by atoms with van der Waals surface area (Å²) in [6, 6.07) is 25.9. The van der Waals surface area contributed by atoms with Gasteiger partial charge in [-0.25, -0.2) is 0 Å². The zero-order valence-corrected chi connectivity index (χ0v) is 30.6. The van der Waals surface area contributed by atoms with Gasteiger partial charge >= 0.3 is 0 Å². The predicted octanol–water partition coefficient (Wildman–Crippen LogP) is 9.12. The Morgan fingerprint density at radius 1 is 0.500 bits per heavy atom. The number of hydrogen-bond acceptors (Lipinski definition) is 4. The average molecular weight is 769 g/mol. The summed E-state index contributed by atoms with van der Waals surface area (Å²) in [5.41, 5.74) is 6.93. The maximum Gasteiger partial charge on any atom is 0.137 e. The maximum atomic E-state index is 9.81. The first-order chi connectivity index (χ1) is 23.5. The Morgan fingerprint density at radius 2 is 0.917 bits per heavy atom. The van der Waals surface area contributed by atoms with Crippen LogP contribution in [-0.4, -0.2) is 24.4 Å². The molecule has 0 spiro atoms. The van der Waals surface area contributed by atoms with Gasteiger partial charge in [-0.3, -0.25) is 0 Å². The molecule has 0 radical (unpaired) electrons. The number of ether oxygens (including phenoxy) is 2. The maximum absolute atomic E-state index is 9.81. The van der Waals surface area contributed by atoms with Crippen molar-refractivity contribution in [2.24, 2.45) is 0 Å². The first-order valence-corrected chi connectivity index (χ1v) is 18.4. The lowest BCUT2D eigenvalue weighted by atomic mass is 9.94. The molecule has 0 atom stereocenters. The number of aliphatic hydroxyl groups is 2. The molecule has 48 heavy (non-hydrogen) atoms. The Balaban J connectivity index is 1.00. The van der Waals surface area contributed by atoms with Crippen LogP contribution in [0.2, 0.25) is 0 Å². The van der Waals surface area contributed by atoms with Gasteiger partial charge in [-0.15, -0.1) is 0 Å². The van der Waals surface area contributed by atoms with Crippen LogP contribution in [0.25, 0.3) is 0 Å². The Kier molecular flexibility index (Phi) is 9.79. The minimum atomic E-state index is 0.0692. The highest BCUT2D eigenvalue weighted by Gasteiger charge is 2.23. The molecule has 0 saturated carbocycles. The third-order valence-electron chi connectivity index (χ3n) is 10.1. The summed E-state index contributed by atoms with van der Waals surface area (Å²) < 4.78 is 13.9. The molecule has 0 bridgehead atoms. The van der Waals surface area contributed by atoms with Gasteiger partial charge in [-0.05, 0) is 147 Å². The van der Waals surface area contributed by atoms with Gasteiger partial charge in [0.2, 0.25) is 0 Å². The standard InChI is InChI=1S/C42H40Br2O4/c1-47-41-33(13-5-3-9-25-17-19-29-31-15-7-11-27(23-45)37(31)35(29)21-25)40(44)42(48-2)34(39(41)43)14-6-4-10-26-18-20-30-32-16-8-12-28(24-46)38(32)36(30)22-26/h7-8,11-12,15-22,45-46H,3-6,9-10,13-14,23-24H2,1-2H3. The van der Waals surface area contributed by atoms with E-state index in [9.17, 15) is 10.2 Å².